The van der Waals surface area contributed by atoms with E-state index in [2.05, 4.69) is 25.0 Å². The highest BCUT2D eigenvalue weighted by Crippen LogP contribution is 2.21. The van der Waals surface area contributed by atoms with Gasteiger partial charge >= 0.3 is 0 Å². The Kier molecular flexibility index (Phi) is 4.33. The first-order valence-electron chi connectivity index (χ1n) is 5.80. The summed E-state index contributed by atoms with van der Waals surface area (Å²) in [6.45, 7) is 6.49. The van der Waals surface area contributed by atoms with Gasteiger partial charge in [-0.05, 0) is 25.3 Å². The van der Waals surface area contributed by atoms with Crippen molar-refractivity contribution in [2.45, 2.75) is 46.1 Å². The maximum Gasteiger partial charge on any atom is 0.0597 e. The van der Waals surface area contributed by atoms with Crippen molar-refractivity contribution in [2.75, 3.05) is 0 Å². The highest BCUT2D eigenvalue weighted by atomic mass is 15.3. The lowest BCUT2D eigenvalue weighted by Crippen LogP contribution is -2.17. The molecule has 0 aliphatic carbocycles. The van der Waals surface area contributed by atoms with Gasteiger partial charge in [0.05, 0.1) is 11.4 Å². The quantitative estimate of drug-likeness (QED) is 0.810. The number of aromatic nitrogens is 2. The van der Waals surface area contributed by atoms with Gasteiger partial charge in [-0.2, -0.15) is 5.10 Å². The van der Waals surface area contributed by atoms with Crippen molar-refractivity contribution in [3.8, 4) is 0 Å². The van der Waals surface area contributed by atoms with Crippen LogP contribution in [-0.2, 0) is 7.05 Å². The van der Waals surface area contributed by atoms with Crippen LogP contribution < -0.4 is 5.73 Å². The molecule has 0 fully saturated rings. The van der Waals surface area contributed by atoms with E-state index in [1.165, 1.54) is 12.8 Å². The normalized spacial score (nSPS) is 15.3. The first kappa shape index (κ1) is 12.2. The van der Waals surface area contributed by atoms with Crippen molar-refractivity contribution in [1.82, 2.24) is 9.78 Å². The maximum absolute atomic E-state index is 6.18. The number of nitrogens with zero attached hydrogens (tertiary/aromatic N) is 2. The predicted molar refractivity (Wildman–Crippen MR) is 63.6 cm³/mol. The fraction of sp³-hybridized carbons (Fsp3) is 0.750. The second-order valence-electron chi connectivity index (χ2n) is 4.57. The first-order chi connectivity index (χ1) is 7.04. The molecule has 0 spiro atoms. The summed E-state index contributed by atoms with van der Waals surface area (Å²) in [7, 11) is 1.96. The minimum atomic E-state index is 0.123. The predicted octanol–water partition coefficient (Wildman–Crippen LogP) is 2.55. The Morgan fingerprint density at radius 2 is 2.20 bits per heavy atom. The fourth-order valence-corrected chi connectivity index (χ4v) is 2.14. The molecule has 3 heteroatoms. The summed E-state index contributed by atoms with van der Waals surface area (Å²) in [4.78, 5) is 0. The number of nitrogens with two attached hydrogens (primary N) is 1. The molecule has 1 rings (SSSR count). The van der Waals surface area contributed by atoms with Crippen LogP contribution in [0.1, 0.15) is 50.5 Å². The molecule has 86 valence electrons. The van der Waals surface area contributed by atoms with E-state index in [1.807, 2.05) is 18.7 Å². The molecule has 1 aromatic heterocycles. The summed E-state index contributed by atoms with van der Waals surface area (Å²) in [6.07, 6.45) is 3.54. The minimum Gasteiger partial charge on any atom is -0.323 e. The summed E-state index contributed by atoms with van der Waals surface area (Å²) < 4.78 is 1.90. The Balaban J connectivity index is 2.60. The molecule has 0 saturated heterocycles. The second-order valence-corrected chi connectivity index (χ2v) is 4.57. The summed E-state index contributed by atoms with van der Waals surface area (Å²) in [5, 5.41) is 4.32. The molecule has 0 radical (unpaired) electrons. The van der Waals surface area contributed by atoms with Crippen LogP contribution in [0.25, 0.3) is 0 Å². The molecule has 1 heterocycles. The largest absolute Gasteiger partial charge is 0.323 e. The molecule has 2 unspecified atom stereocenters. The van der Waals surface area contributed by atoms with Crippen LogP contribution in [0.4, 0.5) is 0 Å². The SMILES string of the molecule is CCCC(C)CC(N)c1cc(C)nn1C. The van der Waals surface area contributed by atoms with Crippen LogP contribution in [0.5, 0.6) is 0 Å². The summed E-state index contributed by atoms with van der Waals surface area (Å²) in [6, 6.07) is 2.21. The molecular formula is C12H23N3. The smallest absolute Gasteiger partial charge is 0.0597 e. The fourth-order valence-electron chi connectivity index (χ4n) is 2.14. The Morgan fingerprint density at radius 3 is 2.67 bits per heavy atom. The summed E-state index contributed by atoms with van der Waals surface area (Å²) in [5.41, 5.74) is 8.38. The third-order valence-corrected chi connectivity index (χ3v) is 2.86. The first-order valence-corrected chi connectivity index (χ1v) is 5.80. The lowest BCUT2D eigenvalue weighted by molar-refractivity contribution is 0.427. The number of hydrogen-bond acceptors (Lipinski definition) is 2. The van der Waals surface area contributed by atoms with Gasteiger partial charge in [-0.3, -0.25) is 4.68 Å². The van der Waals surface area contributed by atoms with E-state index in [-0.39, 0.29) is 6.04 Å². The summed E-state index contributed by atoms with van der Waals surface area (Å²) in [5.74, 6) is 0.695. The Labute approximate surface area is 92.7 Å². The topological polar surface area (TPSA) is 43.8 Å². The van der Waals surface area contributed by atoms with Gasteiger partial charge in [-0.1, -0.05) is 26.7 Å². The maximum atomic E-state index is 6.18. The monoisotopic (exact) mass is 209 g/mol. The Morgan fingerprint density at radius 1 is 1.53 bits per heavy atom. The molecule has 1 aromatic rings. The van der Waals surface area contributed by atoms with E-state index < -0.39 is 0 Å². The van der Waals surface area contributed by atoms with E-state index >= 15 is 0 Å². The van der Waals surface area contributed by atoms with Crippen molar-refractivity contribution < 1.29 is 0 Å². The zero-order chi connectivity index (χ0) is 11.4. The van der Waals surface area contributed by atoms with Gasteiger partial charge < -0.3 is 5.73 Å². The van der Waals surface area contributed by atoms with Crippen LogP contribution in [0.3, 0.4) is 0 Å². The second kappa shape index (κ2) is 5.31. The molecule has 0 aliphatic rings. The van der Waals surface area contributed by atoms with Crippen molar-refractivity contribution >= 4 is 0 Å². The molecule has 0 aromatic carbocycles. The number of rotatable bonds is 5. The third kappa shape index (κ3) is 3.34. The highest BCUT2D eigenvalue weighted by molar-refractivity contribution is 5.12. The molecule has 0 aliphatic heterocycles. The van der Waals surface area contributed by atoms with E-state index in [0.29, 0.717) is 5.92 Å². The van der Waals surface area contributed by atoms with Gasteiger partial charge in [0.15, 0.2) is 0 Å². The Hall–Kier alpha value is -0.830. The van der Waals surface area contributed by atoms with E-state index in [1.54, 1.807) is 0 Å². The average molecular weight is 209 g/mol. The van der Waals surface area contributed by atoms with Gasteiger partial charge in [0.2, 0.25) is 0 Å². The van der Waals surface area contributed by atoms with Crippen molar-refractivity contribution in [1.29, 1.82) is 0 Å². The van der Waals surface area contributed by atoms with Crippen molar-refractivity contribution in [3.05, 3.63) is 17.5 Å². The molecule has 2 N–H and O–H groups in total. The van der Waals surface area contributed by atoms with Crippen LogP contribution >= 0.6 is 0 Å². The van der Waals surface area contributed by atoms with Gasteiger partial charge in [-0.25, -0.2) is 0 Å². The third-order valence-electron chi connectivity index (χ3n) is 2.86. The Bertz CT molecular complexity index is 304. The van der Waals surface area contributed by atoms with Crippen LogP contribution in [0, 0.1) is 12.8 Å². The number of hydrogen-bond donors (Lipinski definition) is 1. The summed E-state index contributed by atoms with van der Waals surface area (Å²) >= 11 is 0. The van der Waals surface area contributed by atoms with Gasteiger partial charge in [0.1, 0.15) is 0 Å². The average Bonchev–Trinajstić information content (AvgIpc) is 2.45. The van der Waals surface area contributed by atoms with E-state index in [9.17, 15) is 0 Å². The molecule has 0 bridgehead atoms. The van der Waals surface area contributed by atoms with Crippen LogP contribution in [0.2, 0.25) is 0 Å². The molecule has 0 amide bonds. The molecule has 0 saturated carbocycles. The van der Waals surface area contributed by atoms with Gasteiger partial charge in [-0.15, -0.1) is 0 Å². The minimum absolute atomic E-state index is 0.123. The molecule has 2 atom stereocenters. The highest BCUT2D eigenvalue weighted by Gasteiger charge is 2.14. The molecule has 3 nitrogen and oxygen atoms in total. The van der Waals surface area contributed by atoms with Crippen LogP contribution in [0.15, 0.2) is 6.07 Å². The van der Waals surface area contributed by atoms with E-state index in [4.69, 9.17) is 5.73 Å². The zero-order valence-corrected chi connectivity index (χ0v) is 10.3. The molecular weight excluding hydrogens is 186 g/mol. The van der Waals surface area contributed by atoms with E-state index in [0.717, 1.165) is 17.8 Å². The lowest BCUT2D eigenvalue weighted by atomic mass is 9.96. The van der Waals surface area contributed by atoms with Crippen LogP contribution in [-0.4, -0.2) is 9.78 Å². The molecule has 15 heavy (non-hydrogen) atoms. The lowest BCUT2D eigenvalue weighted by Gasteiger charge is -2.16. The standard InChI is InChI=1S/C12H23N3/c1-5-6-9(2)7-11(13)12-8-10(3)14-15(12)4/h8-9,11H,5-7,13H2,1-4H3. The van der Waals surface area contributed by atoms with Gasteiger partial charge in [0.25, 0.3) is 0 Å². The zero-order valence-electron chi connectivity index (χ0n) is 10.3. The number of aryl methyl sites for hydroxylation is 2. The van der Waals surface area contributed by atoms with Crippen molar-refractivity contribution in [3.63, 3.8) is 0 Å². The van der Waals surface area contributed by atoms with Crippen molar-refractivity contribution in [2.24, 2.45) is 18.7 Å². The van der Waals surface area contributed by atoms with Gasteiger partial charge in [0, 0.05) is 13.1 Å².